The van der Waals surface area contributed by atoms with Crippen molar-refractivity contribution in [1.82, 2.24) is 4.98 Å². The van der Waals surface area contributed by atoms with Gasteiger partial charge >= 0.3 is 0 Å². The van der Waals surface area contributed by atoms with Crippen LogP contribution in [0, 0.1) is 5.92 Å². The molecule has 0 saturated heterocycles. The SMILES string of the molecule is ClC1CCCCCC1Cc1ccnc2ccccc12. The zero-order valence-corrected chi connectivity index (χ0v) is 11.9. The van der Waals surface area contributed by atoms with Crippen LogP contribution < -0.4 is 0 Å². The van der Waals surface area contributed by atoms with Crippen molar-refractivity contribution in [2.45, 2.75) is 43.9 Å². The lowest BCUT2D eigenvalue weighted by Gasteiger charge is -2.20. The van der Waals surface area contributed by atoms with Gasteiger partial charge in [0, 0.05) is 17.0 Å². The molecule has 1 fully saturated rings. The summed E-state index contributed by atoms with van der Waals surface area (Å²) in [5.74, 6) is 0.620. The van der Waals surface area contributed by atoms with E-state index in [4.69, 9.17) is 11.6 Å². The van der Waals surface area contributed by atoms with E-state index < -0.39 is 0 Å². The van der Waals surface area contributed by atoms with Gasteiger partial charge in [-0.25, -0.2) is 0 Å². The van der Waals surface area contributed by atoms with E-state index in [1.807, 2.05) is 6.20 Å². The van der Waals surface area contributed by atoms with Gasteiger partial charge in [-0.3, -0.25) is 4.98 Å². The fourth-order valence-electron chi connectivity index (χ4n) is 3.18. The Labute approximate surface area is 120 Å². The molecule has 1 aliphatic rings. The van der Waals surface area contributed by atoms with Crippen molar-refractivity contribution in [3.05, 3.63) is 42.1 Å². The van der Waals surface area contributed by atoms with Crippen molar-refractivity contribution in [2.24, 2.45) is 5.92 Å². The number of aromatic nitrogens is 1. The van der Waals surface area contributed by atoms with E-state index in [9.17, 15) is 0 Å². The standard InChI is InChI=1S/C17H20ClN/c18-16-8-3-1-2-6-14(16)12-13-10-11-19-17-9-5-4-7-15(13)17/h4-5,7,9-11,14,16H,1-3,6,8,12H2. The van der Waals surface area contributed by atoms with Gasteiger partial charge in [-0.1, -0.05) is 37.5 Å². The number of benzene rings is 1. The van der Waals surface area contributed by atoms with Crippen LogP contribution in [0.2, 0.25) is 0 Å². The van der Waals surface area contributed by atoms with Crippen LogP contribution in [0.4, 0.5) is 0 Å². The summed E-state index contributed by atoms with van der Waals surface area (Å²) in [6, 6.07) is 10.6. The highest BCUT2D eigenvalue weighted by Gasteiger charge is 2.22. The van der Waals surface area contributed by atoms with E-state index in [1.54, 1.807) is 0 Å². The fourth-order valence-corrected chi connectivity index (χ4v) is 3.55. The number of alkyl halides is 1. The molecule has 2 aromatic rings. The molecule has 1 aromatic heterocycles. The highest BCUT2D eigenvalue weighted by Crippen LogP contribution is 2.31. The van der Waals surface area contributed by atoms with Crippen molar-refractivity contribution in [3.63, 3.8) is 0 Å². The number of hydrogen-bond acceptors (Lipinski definition) is 1. The molecule has 1 saturated carbocycles. The lowest BCUT2D eigenvalue weighted by atomic mass is 9.91. The first-order valence-electron chi connectivity index (χ1n) is 7.31. The summed E-state index contributed by atoms with van der Waals surface area (Å²) in [7, 11) is 0. The van der Waals surface area contributed by atoms with E-state index in [-0.39, 0.29) is 0 Å². The average Bonchev–Trinajstić information content (AvgIpc) is 2.65. The van der Waals surface area contributed by atoms with Crippen LogP contribution in [0.5, 0.6) is 0 Å². The van der Waals surface area contributed by atoms with Crippen LogP contribution in [0.25, 0.3) is 10.9 Å². The number of hydrogen-bond donors (Lipinski definition) is 0. The van der Waals surface area contributed by atoms with E-state index in [1.165, 1.54) is 43.1 Å². The average molecular weight is 274 g/mol. The smallest absolute Gasteiger partial charge is 0.0704 e. The van der Waals surface area contributed by atoms with Gasteiger partial charge in [-0.05, 0) is 42.9 Å². The van der Waals surface area contributed by atoms with Gasteiger partial charge in [0.05, 0.1) is 5.52 Å². The molecule has 100 valence electrons. The van der Waals surface area contributed by atoms with Crippen molar-refractivity contribution >= 4 is 22.5 Å². The molecule has 0 spiro atoms. The Balaban J connectivity index is 1.88. The topological polar surface area (TPSA) is 12.9 Å². The molecule has 1 aliphatic carbocycles. The van der Waals surface area contributed by atoms with E-state index >= 15 is 0 Å². The third kappa shape index (κ3) is 2.92. The molecule has 1 aromatic carbocycles. The zero-order valence-electron chi connectivity index (χ0n) is 11.2. The van der Waals surface area contributed by atoms with Crippen LogP contribution in [-0.2, 0) is 6.42 Å². The Hall–Kier alpha value is -1.08. The molecule has 1 heterocycles. The summed E-state index contributed by atoms with van der Waals surface area (Å²) in [5, 5.41) is 1.63. The second kappa shape index (κ2) is 5.92. The van der Waals surface area contributed by atoms with Crippen molar-refractivity contribution in [3.8, 4) is 0 Å². The largest absolute Gasteiger partial charge is 0.256 e. The van der Waals surface area contributed by atoms with E-state index in [2.05, 4.69) is 35.3 Å². The highest BCUT2D eigenvalue weighted by atomic mass is 35.5. The monoisotopic (exact) mass is 273 g/mol. The maximum Gasteiger partial charge on any atom is 0.0704 e. The maximum atomic E-state index is 6.57. The fraction of sp³-hybridized carbons (Fsp3) is 0.471. The second-order valence-electron chi connectivity index (χ2n) is 5.61. The molecular weight excluding hydrogens is 254 g/mol. The summed E-state index contributed by atoms with van der Waals surface area (Å²) < 4.78 is 0. The summed E-state index contributed by atoms with van der Waals surface area (Å²) in [6.45, 7) is 0. The Morgan fingerprint density at radius 3 is 2.84 bits per heavy atom. The van der Waals surface area contributed by atoms with E-state index in [0.717, 1.165) is 11.9 Å². The molecule has 0 bridgehead atoms. The van der Waals surface area contributed by atoms with Gasteiger partial charge in [0.25, 0.3) is 0 Å². The predicted molar refractivity (Wildman–Crippen MR) is 81.7 cm³/mol. The Bertz CT molecular complexity index is 546. The quantitative estimate of drug-likeness (QED) is 0.556. The van der Waals surface area contributed by atoms with Crippen molar-refractivity contribution in [2.75, 3.05) is 0 Å². The third-order valence-corrected chi connectivity index (χ3v) is 4.86. The molecule has 3 rings (SSSR count). The molecule has 0 N–H and O–H groups in total. The van der Waals surface area contributed by atoms with Gasteiger partial charge in [-0.2, -0.15) is 0 Å². The molecule has 2 unspecified atom stereocenters. The molecule has 0 amide bonds. The van der Waals surface area contributed by atoms with Gasteiger partial charge in [-0.15, -0.1) is 11.6 Å². The van der Waals surface area contributed by atoms with Gasteiger partial charge in [0.1, 0.15) is 0 Å². The minimum absolute atomic E-state index is 0.342. The minimum atomic E-state index is 0.342. The summed E-state index contributed by atoms with van der Waals surface area (Å²) in [6.07, 6.45) is 9.43. The van der Waals surface area contributed by atoms with Crippen LogP contribution in [-0.4, -0.2) is 10.4 Å². The third-order valence-electron chi connectivity index (χ3n) is 4.29. The van der Waals surface area contributed by atoms with Crippen molar-refractivity contribution in [1.29, 1.82) is 0 Å². The predicted octanol–water partition coefficient (Wildman–Crippen LogP) is 4.97. The number of rotatable bonds is 2. The minimum Gasteiger partial charge on any atom is -0.256 e. The molecule has 0 aliphatic heterocycles. The number of para-hydroxylation sites is 1. The molecule has 1 nitrogen and oxygen atoms in total. The first-order chi connectivity index (χ1) is 9.34. The first-order valence-corrected chi connectivity index (χ1v) is 7.75. The number of nitrogens with zero attached hydrogens (tertiary/aromatic N) is 1. The van der Waals surface area contributed by atoms with Crippen LogP contribution in [0.15, 0.2) is 36.5 Å². The molecule has 19 heavy (non-hydrogen) atoms. The molecule has 2 atom stereocenters. The van der Waals surface area contributed by atoms with Crippen LogP contribution in [0.1, 0.15) is 37.7 Å². The van der Waals surface area contributed by atoms with Crippen molar-refractivity contribution < 1.29 is 0 Å². The maximum absolute atomic E-state index is 6.57. The second-order valence-corrected chi connectivity index (χ2v) is 6.17. The van der Waals surface area contributed by atoms with Gasteiger partial charge in [0.15, 0.2) is 0 Å². The molecule has 0 radical (unpaired) electrons. The molecular formula is C17H20ClN. The normalized spacial score (nSPS) is 24.3. The lowest BCUT2D eigenvalue weighted by molar-refractivity contribution is 0.466. The summed E-state index contributed by atoms with van der Waals surface area (Å²) >= 11 is 6.57. The molecule has 2 heteroatoms. The highest BCUT2D eigenvalue weighted by molar-refractivity contribution is 6.20. The Kier molecular flexibility index (Phi) is 4.03. The van der Waals surface area contributed by atoms with Crippen LogP contribution in [0.3, 0.4) is 0 Å². The number of halogens is 1. The number of fused-ring (bicyclic) bond motifs is 1. The summed E-state index contributed by atoms with van der Waals surface area (Å²) in [5.41, 5.74) is 2.50. The Morgan fingerprint density at radius 1 is 1.05 bits per heavy atom. The zero-order chi connectivity index (χ0) is 13.1. The number of pyridine rings is 1. The first kappa shape index (κ1) is 12.9. The Morgan fingerprint density at radius 2 is 1.89 bits per heavy atom. The lowest BCUT2D eigenvalue weighted by Crippen LogP contribution is -2.16. The van der Waals surface area contributed by atoms with Gasteiger partial charge in [0.2, 0.25) is 0 Å². The van der Waals surface area contributed by atoms with E-state index in [0.29, 0.717) is 11.3 Å². The van der Waals surface area contributed by atoms with Crippen LogP contribution >= 0.6 is 11.6 Å². The van der Waals surface area contributed by atoms with Gasteiger partial charge < -0.3 is 0 Å². The summed E-state index contributed by atoms with van der Waals surface area (Å²) in [4.78, 5) is 4.44.